The molecule has 38 heavy (non-hydrogen) atoms. The highest BCUT2D eigenvalue weighted by molar-refractivity contribution is 7.91. The second-order valence-electron chi connectivity index (χ2n) is 10.1. The van der Waals surface area contributed by atoms with Gasteiger partial charge in [0.2, 0.25) is 5.91 Å². The van der Waals surface area contributed by atoms with Crippen molar-refractivity contribution in [2.75, 3.05) is 26.4 Å². The number of likely N-dealkylation sites (tertiary alicyclic amines) is 1. The molecule has 3 rings (SSSR count). The van der Waals surface area contributed by atoms with Crippen LogP contribution in [-0.4, -0.2) is 61.9 Å². The second kappa shape index (κ2) is 11.7. The van der Waals surface area contributed by atoms with Crippen LogP contribution < -0.4 is 5.73 Å². The number of alkyl halides is 3. The van der Waals surface area contributed by atoms with E-state index in [1.165, 1.54) is 17.2 Å². The zero-order valence-electron chi connectivity index (χ0n) is 21.4. The number of rotatable bonds is 8. The topological polar surface area (TPSA) is 83.7 Å². The molecule has 0 radical (unpaired) electrons. The Morgan fingerprint density at radius 3 is 2.39 bits per heavy atom. The van der Waals surface area contributed by atoms with Crippen LogP contribution in [0, 0.1) is 0 Å². The van der Waals surface area contributed by atoms with Gasteiger partial charge >= 0.3 is 6.18 Å². The van der Waals surface area contributed by atoms with Gasteiger partial charge in [0.1, 0.15) is 9.84 Å². The molecular weight excluding hydrogens is 562 g/mol. The van der Waals surface area contributed by atoms with Gasteiger partial charge in [-0.25, -0.2) is 8.42 Å². The molecule has 210 valence electrons. The summed E-state index contributed by atoms with van der Waals surface area (Å²) in [5.74, 6) is -0.312. The molecule has 0 bridgehead atoms. The molecule has 12 heteroatoms. The molecule has 3 atom stereocenters. The summed E-state index contributed by atoms with van der Waals surface area (Å²) in [6.07, 6.45) is -2.71. The van der Waals surface area contributed by atoms with Crippen LogP contribution in [0.25, 0.3) is 0 Å². The Morgan fingerprint density at radius 2 is 1.82 bits per heavy atom. The van der Waals surface area contributed by atoms with Crippen molar-refractivity contribution in [3.8, 4) is 0 Å². The van der Waals surface area contributed by atoms with Crippen molar-refractivity contribution < 1.29 is 26.4 Å². The van der Waals surface area contributed by atoms with Crippen molar-refractivity contribution in [3.63, 3.8) is 0 Å². The Balaban J connectivity index is 1.85. The number of hydrogen-bond donors (Lipinski definition) is 1. The van der Waals surface area contributed by atoms with Crippen LogP contribution in [0.5, 0.6) is 0 Å². The maximum absolute atomic E-state index is 13.9. The fourth-order valence-corrected chi connectivity index (χ4v) is 6.25. The zero-order chi connectivity index (χ0) is 28.5. The first kappa shape index (κ1) is 30.7. The molecule has 2 N–H and O–H groups in total. The second-order valence-corrected chi connectivity index (χ2v) is 13.3. The van der Waals surface area contributed by atoms with Crippen molar-refractivity contribution in [2.45, 2.75) is 55.7 Å². The van der Waals surface area contributed by atoms with Crippen LogP contribution in [0.4, 0.5) is 13.2 Å². The normalized spacial score (nSPS) is 20.7. The fraction of sp³-hybridized carbons (Fsp3) is 0.500. The Kier molecular flexibility index (Phi) is 9.46. The molecule has 1 saturated heterocycles. The molecule has 0 aromatic heterocycles. The van der Waals surface area contributed by atoms with Crippen LogP contribution in [0.2, 0.25) is 10.0 Å². The van der Waals surface area contributed by atoms with Crippen molar-refractivity contribution >= 4 is 38.9 Å². The lowest BCUT2D eigenvalue weighted by atomic mass is 9.77. The highest BCUT2D eigenvalue weighted by atomic mass is 35.5. The SMILES string of the molecule is CN(Cc1cccc(C(F)(F)F)c1)C(=O)C(C)(CCN1CCC(S(C)(=O)=O)CC1N)c1ccc(Cl)c(Cl)c1. The first-order valence-corrected chi connectivity index (χ1v) is 14.8. The fourth-order valence-electron chi connectivity index (χ4n) is 4.87. The summed E-state index contributed by atoms with van der Waals surface area (Å²) in [7, 11) is -1.67. The Morgan fingerprint density at radius 1 is 1.13 bits per heavy atom. The van der Waals surface area contributed by atoms with Crippen LogP contribution in [0.1, 0.15) is 42.9 Å². The molecule has 1 heterocycles. The van der Waals surface area contributed by atoms with Gasteiger partial charge in [0.05, 0.1) is 32.4 Å². The lowest BCUT2D eigenvalue weighted by Gasteiger charge is -2.40. The van der Waals surface area contributed by atoms with Gasteiger partial charge in [-0.15, -0.1) is 0 Å². The van der Waals surface area contributed by atoms with E-state index < -0.39 is 38.4 Å². The minimum Gasteiger partial charge on any atom is -0.341 e. The van der Waals surface area contributed by atoms with Gasteiger partial charge in [-0.05, 0) is 61.6 Å². The Labute approximate surface area is 231 Å². The van der Waals surface area contributed by atoms with Gasteiger partial charge in [0.15, 0.2) is 0 Å². The summed E-state index contributed by atoms with van der Waals surface area (Å²) in [4.78, 5) is 17.2. The number of carbonyl (C=O) groups is 1. The molecule has 2 aromatic rings. The van der Waals surface area contributed by atoms with E-state index in [2.05, 4.69) is 0 Å². The number of sulfone groups is 1. The van der Waals surface area contributed by atoms with E-state index in [-0.39, 0.29) is 17.5 Å². The van der Waals surface area contributed by atoms with Crippen LogP contribution in [-0.2, 0) is 32.8 Å². The number of carbonyl (C=O) groups excluding carboxylic acids is 1. The van der Waals surface area contributed by atoms with Crippen molar-refractivity contribution in [2.24, 2.45) is 5.73 Å². The molecule has 6 nitrogen and oxygen atoms in total. The molecule has 1 aliphatic rings. The van der Waals surface area contributed by atoms with Crippen molar-refractivity contribution in [1.29, 1.82) is 0 Å². The van der Waals surface area contributed by atoms with Gasteiger partial charge in [0.25, 0.3) is 0 Å². The third-order valence-electron chi connectivity index (χ3n) is 7.27. The van der Waals surface area contributed by atoms with Gasteiger partial charge in [0, 0.05) is 32.9 Å². The Hall–Kier alpha value is -1.85. The average Bonchev–Trinajstić information content (AvgIpc) is 2.83. The molecule has 0 saturated carbocycles. The third kappa shape index (κ3) is 7.21. The molecular formula is C26H32Cl2F3N3O3S. The number of amides is 1. The van der Waals surface area contributed by atoms with E-state index in [4.69, 9.17) is 28.9 Å². The number of hydrogen-bond acceptors (Lipinski definition) is 5. The molecule has 0 spiro atoms. The minimum absolute atomic E-state index is 0.0288. The number of nitrogens with zero attached hydrogens (tertiary/aromatic N) is 2. The highest BCUT2D eigenvalue weighted by Gasteiger charge is 2.40. The third-order valence-corrected chi connectivity index (χ3v) is 9.64. The van der Waals surface area contributed by atoms with Crippen LogP contribution in [0.3, 0.4) is 0 Å². The molecule has 3 unspecified atom stereocenters. The summed E-state index contributed by atoms with van der Waals surface area (Å²) in [6, 6.07) is 9.81. The van der Waals surface area contributed by atoms with Crippen molar-refractivity contribution in [1.82, 2.24) is 9.80 Å². The first-order valence-electron chi connectivity index (χ1n) is 12.1. The van der Waals surface area contributed by atoms with E-state index in [9.17, 15) is 26.4 Å². The number of halogens is 5. The average molecular weight is 595 g/mol. The van der Waals surface area contributed by atoms with Crippen molar-refractivity contribution in [3.05, 3.63) is 69.2 Å². The van der Waals surface area contributed by atoms with Crippen LogP contribution in [0.15, 0.2) is 42.5 Å². The molecule has 1 aliphatic heterocycles. The zero-order valence-corrected chi connectivity index (χ0v) is 23.8. The van der Waals surface area contributed by atoms with E-state index in [1.807, 2.05) is 4.90 Å². The van der Waals surface area contributed by atoms with Gasteiger partial charge in [-0.1, -0.05) is 41.4 Å². The molecule has 1 fully saturated rings. The monoisotopic (exact) mass is 593 g/mol. The summed E-state index contributed by atoms with van der Waals surface area (Å²) < 4.78 is 63.5. The summed E-state index contributed by atoms with van der Waals surface area (Å²) in [6.45, 7) is 2.59. The van der Waals surface area contributed by atoms with Crippen LogP contribution >= 0.6 is 23.2 Å². The van der Waals surface area contributed by atoms with Gasteiger partial charge in [-0.3, -0.25) is 9.69 Å². The standard InChI is InChI=1S/C26H32Cl2F3N3O3S/c1-25(18-7-8-21(27)22(28)14-18,10-12-34-11-9-20(15-23(34)32)38(3,36)37)24(35)33(2)16-17-5-4-6-19(13-17)26(29,30)31/h4-8,13-14,20,23H,9-12,15-16,32H2,1-3H3. The molecule has 0 aliphatic carbocycles. The predicted molar refractivity (Wildman–Crippen MR) is 144 cm³/mol. The number of benzene rings is 2. The summed E-state index contributed by atoms with van der Waals surface area (Å²) >= 11 is 12.4. The van der Waals surface area contributed by atoms with E-state index in [0.29, 0.717) is 48.5 Å². The number of likely N-dealkylation sites (N-methyl/N-ethyl adjacent to an activating group) is 1. The lowest BCUT2D eigenvalue weighted by Crippen LogP contribution is -2.53. The highest BCUT2D eigenvalue weighted by Crippen LogP contribution is 2.36. The number of piperidine rings is 1. The summed E-state index contributed by atoms with van der Waals surface area (Å²) in [5, 5.41) is 0.0947. The first-order chi connectivity index (χ1) is 17.5. The lowest BCUT2D eigenvalue weighted by molar-refractivity contribution is -0.137. The summed E-state index contributed by atoms with van der Waals surface area (Å²) in [5.41, 5.74) is 5.35. The van der Waals surface area contributed by atoms with Gasteiger partial charge < -0.3 is 10.6 Å². The predicted octanol–water partition coefficient (Wildman–Crippen LogP) is 5.11. The van der Waals surface area contributed by atoms with Gasteiger partial charge in [-0.2, -0.15) is 13.2 Å². The van der Waals surface area contributed by atoms with E-state index in [1.54, 1.807) is 38.2 Å². The van der Waals surface area contributed by atoms with E-state index >= 15 is 0 Å². The smallest absolute Gasteiger partial charge is 0.341 e. The number of nitrogens with two attached hydrogens (primary N) is 1. The minimum atomic E-state index is -4.49. The Bertz CT molecular complexity index is 1280. The maximum Gasteiger partial charge on any atom is 0.416 e. The molecule has 2 aromatic carbocycles. The maximum atomic E-state index is 13.9. The molecule has 1 amide bonds. The quantitative estimate of drug-likeness (QED) is 0.459. The van der Waals surface area contributed by atoms with E-state index in [0.717, 1.165) is 12.1 Å². The largest absolute Gasteiger partial charge is 0.416 e.